The average Bonchev–Trinajstić information content (AvgIpc) is 3.17. The van der Waals surface area contributed by atoms with Crippen molar-refractivity contribution in [3.63, 3.8) is 0 Å². The van der Waals surface area contributed by atoms with Gasteiger partial charge in [-0.25, -0.2) is 0 Å². The lowest BCUT2D eigenvalue weighted by Gasteiger charge is -2.33. The van der Waals surface area contributed by atoms with Crippen molar-refractivity contribution in [1.29, 1.82) is 0 Å². The van der Waals surface area contributed by atoms with Gasteiger partial charge in [0, 0.05) is 18.8 Å². The van der Waals surface area contributed by atoms with E-state index in [9.17, 15) is 9.59 Å². The van der Waals surface area contributed by atoms with Gasteiger partial charge in [0.15, 0.2) is 11.5 Å². The smallest absolute Gasteiger partial charge is 0.255 e. The quantitative estimate of drug-likeness (QED) is 0.721. The minimum Gasteiger partial charge on any atom is -0.493 e. The number of likely N-dealkylation sites (tertiary alicyclic amines) is 1. The number of anilines is 2. The van der Waals surface area contributed by atoms with Gasteiger partial charge in [0.2, 0.25) is 5.91 Å². The second-order valence-electron chi connectivity index (χ2n) is 7.25. The van der Waals surface area contributed by atoms with E-state index in [1.165, 1.54) is 14.2 Å². The zero-order valence-corrected chi connectivity index (χ0v) is 17.9. The first kappa shape index (κ1) is 21.6. The van der Waals surface area contributed by atoms with E-state index in [1.807, 2.05) is 0 Å². The highest BCUT2D eigenvalue weighted by atomic mass is 16.5. The number of likely N-dealkylation sites (N-methyl/N-ethyl adjacent to an activating group) is 1. The van der Waals surface area contributed by atoms with Gasteiger partial charge in [0.1, 0.15) is 0 Å². The normalized spacial score (nSPS) is 16.7. The highest BCUT2D eigenvalue weighted by molar-refractivity contribution is 6.06. The third-order valence-electron chi connectivity index (χ3n) is 5.28. The van der Waals surface area contributed by atoms with E-state index in [0.29, 0.717) is 28.4 Å². The zero-order chi connectivity index (χ0) is 21.7. The van der Waals surface area contributed by atoms with E-state index in [-0.39, 0.29) is 17.9 Å². The first-order valence-electron chi connectivity index (χ1n) is 10.1. The van der Waals surface area contributed by atoms with Crippen molar-refractivity contribution in [2.24, 2.45) is 7.05 Å². The monoisotopic (exact) mass is 415 g/mol. The van der Waals surface area contributed by atoms with Gasteiger partial charge in [-0.1, -0.05) is 13.3 Å². The minimum atomic E-state index is -0.340. The highest BCUT2D eigenvalue weighted by Gasteiger charge is 2.29. The number of ether oxygens (including phenoxy) is 2. The Hall–Kier alpha value is -3.07. The van der Waals surface area contributed by atoms with E-state index in [0.717, 1.165) is 32.4 Å². The fourth-order valence-electron chi connectivity index (χ4n) is 3.76. The molecule has 1 aromatic heterocycles. The summed E-state index contributed by atoms with van der Waals surface area (Å²) < 4.78 is 12.5. The number of benzene rings is 1. The molecule has 30 heavy (non-hydrogen) atoms. The second-order valence-corrected chi connectivity index (χ2v) is 7.25. The van der Waals surface area contributed by atoms with Gasteiger partial charge in [-0.2, -0.15) is 5.10 Å². The summed E-state index contributed by atoms with van der Waals surface area (Å²) in [5.41, 5.74) is 1.31. The number of amides is 2. The summed E-state index contributed by atoms with van der Waals surface area (Å²) in [4.78, 5) is 28.0. The van der Waals surface area contributed by atoms with Crippen LogP contribution in [0.3, 0.4) is 0 Å². The molecule has 2 heterocycles. The Morgan fingerprint density at radius 1 is 1.20 bits per heavy atom. The Balaban J connectivity index is 1.87. The number of methoxy groups -OCH3 is 2. The van der Waals surface area contributed by atoms with Gasteiger partial charge in [-0.15, -0.1) is 0 Å². The molecule has 1 atom stereocenters. The topological polar surface area (TPSA) is 97.7 Å². The van der Waals surface area contributed by atoms with Crippen molar-refractivity contribution in [3.8, 4) is 11.5 Å². The summed E-state index contributed by atoms with van der Waals surface area (Å²) in [6, 6.07) is 2.98. The number of piperidine rings is 1. The molecule has 1 saturated heterocycles. The Bertz CT molecular complexity index is 911. The molecule has 3 rings (SSSR count). The molecule has 0 radical (unpaired) electrons. The fraction of sp³-hybridized carbons (Fsp3) is 0.476. The summed E-state index contributed by atoms with van der Waals surface area (Å²) in [5, 5.41) is 9.78. The highest BCUT2D eigenvalue weighted by Crippen LogP contribution is 2.37. The second kappa shape index (κ2) is 9.62. The Morgan fingerprint density at radius 2 is 2.00 bits per heavy atom. The van der Waals surface area contributed by atoms with Crippen LogP contribution < -0.4 is 20.1 Å². The summed E-state index contributed by atoms with van der Waals surface area (Å²) in [5.74, 6) is 0.291. The molecular formula is C21H29N5O4. The predicted octanol–water partition coefficient (Wildman–Crippen LogP) is 2.50. The van der Waals surface area contributed by atoms with Crippen molar-refractivity contribution < 1.29 is 19.1 Å². The molecule has 1 fully saturated rings. The predicted molar refractivity (Wildman–Crippen MR) is 114 cm³/mol. The molecule has 2 aromatic rings. The maximum atomic E-state index is 13.0. The molecule has 2 amide bonds. The average molecular weight is 415 g/mol. The maximum Gasteiger partial charge on any atom is 0.255 e. The molecule has 0 saturated carbocycles. The Labute approximate surface area is 176 Å². The van der Waals surface area contributed by atoms with Crippen LogP contribution in [-0.4, -0.2) is 59.8 Å². The van der Waals surface area contributed by atoms with Crippen LogP contribution >= 0.6 is 0 Å². The van der Waals surface area contributed by atoms with Crippen LogP contribution in [0.15, 0.2) is 24.5 Å². The van der Waals surface area contributed by atoms with E-state index >= 15 is 0 Å². The van der Waals surface area contributed by atoms with Crippen LogP contribution in [-0.2, 0) is 11.8 Å². The largest absolute Gasteiger partial charge is 0.493 e. The van der Waals surface area contributed by atoms with Crippen molar-refractivity contribution in [3.05, 3.63) is 30.1 Å². The molecule has 0 spiro atoms. The SMILES string of the molecule is CCN1CCCCC1C(=O)Nc1cc(C(=O)Nc2cnn(C)c2)cc(OC)c1OC. The molecule has 9 heteroatoms. The number of rotatable bonds is 7. The molecule has 1 aliphatic heterocycles. The van der Waals surface area contributed by atoms with Crippen LogP contribution in [0.2, 0.25) is 0 Å². The standard InChI is InChI=1S/C21H29N5O4/c1-5-26-9-7-6-8-17(26)21(28)24-16-10-14(11-18(29-3)19(16)30-4)20(27)23-15-12-22-25(2)13-15/h10-13,17H,5-9H2,1-4H3,(H,23,27)(H,24,28). The maximum absolute atomic E-state index is 13.0. The molecule has 1 unspecified atom stereocenters. The molecule has 162 valence electrons. The summed E-state index contributed by atoms with van der Waals surface area (Å²) >= 11 is 0. The third-order valence-corrected chi connectivity index (χ3v) is 5.28. The van der Waals surface area contributed by atoms with Crippen LogP contribution in [0.1, 0.15) is 36.5 Å². The molecule has 1 aliphatic rings. The van der Waals surface area contributed by atoms with Crippen molar-refractivity contribution >= 4 is 23.2 Å². The number of carbonyl (C=O) groups is 2. The van der Waals surface area contributed by atoms with Gasteiger partial charge < -0.3 is 20.1 Å². The fourth-order valence-corrected chi connectivity index (χ4v) is 3.76. The zero-order valence-electron chi connectivity index (χ0n) is 17.9. The Morgan fingerprint density at radius 3 is 2.63 bits per heavy atom. The molecular weight excluding hydrogens is 386 g/mol. The number of nitrogens with one attached hydrogen (secondary N) is 2. The molecule has 1 aromatic carbocycles. The minimum absolute atomic E-state index is 0.110. The van der Waals surface area contributed by atoms with Gasteiger partial charge in [-0.3, -0.25) is 19.2 Å². The lowest BCUT2D eigenvalue weighted by molar-refractivity contribution is -0.122. The van der Waals surface area contributed by atoms with Crippen LogP contribution in [0, 0.1) is 0 Å². The van der Waals surface area contributed by atoms with Crippen molar-refractivity contribution in [2.75, 3.05) is 37.9 Å². The third kappa shape index (κ3) is 4.73. The van der Waals surface area contributed by atoms with Gasteiger partial charge in [0.25, 0.3) is 5.91 Å². The van der Waals surface area contributed by atoms with E-state index < -0.39 is 0 Å². The molecule has 9 nitrogen and oxygen atoms in total. The number of hydrogen-bond donors (Lipinski definition) is 2. The lowest BCUT2D eigenvalue weighted by Crippen LogP contribution is -2.46. The summed E-state index contributed by atoms with van der Waals surface area (Å²) in [6.45, 7) is 3.77. The van der Waals surface area contributed by atoms with E-state index in [2.05, 4.69) is 27.6 Å². The number of aryl methyl sites for hydroxylation is 1. The number of aromatic nitrogens is 2. The summed E-state index contributed by atoms with van der Waals surface area (Å²) in [6.07, 6.45) is 6.18. The number of nitrogens with zero attached hydrogens (tertiary/aromatic N) is 3. The molecule has 0 aliphatic carbocycles. The first-order chi connectivity index (χ1) is 14.5. The number of carbonyl (C=O) groups excluding carboxylic acids is 2. The van der Waals surface area contributed by atoms with Crippen molar-refractivity contribution in [2.45, 2.75) is 32.2 Å². The van der Waals surface area contributed by atoms with E-state index in [4.69, 9.17) is 9.47 Å². The van der Waals surface area contributed by atoms with Crippen molar-refractivity contribution in [1.82, 2.24) is 14.7 Å². The Kier molecular flexibility index (Phi) is 6.94. The molecule has 2 N–H and O–H groups in total. The van der Waals surface area contributed by atoms with Gasteiger partial charge >= 0.3 is 0 Å². The molecule has 0 bridgehead atoms. The summed E-state index contributed by atoms with van der Waals surface area (Å²) in [7, 11) is 4.76. The van der Waals surface area contributed by atoms with Gasteiger partial charge in [0.05, 0.1) is 37.8 Å². The first-order valence-corrected chi connectivity index (χ1v) is 10.1. The van der Waals surface area contributed by atoms with Crippen LogP contribution in [0.4, 0.5) is 11.4 Å². The van der Waals surface area contributed by atoms with E-state index in [1.54, 1.807) is 36.3 Å². The van der Waals surface area contributed by atoms with Gasteiger partial charge in [-0.05, 0) is 38.1 Å². The van der Waals surface area contributed by atoms with Crippen LogP contribution in [0.5, 0.6) is 11.5 Å². The number of hydrogen-bond acceptors (Lipinski definition) is 6. The van der Waals surface area contributed by atoms with Crippen LogP contribution in [0.25, 0.3) is 0 Å². The lowest BCUT2D eigenvalue weighted by atomic mass is 10.0.